The number of hydrogen-bond donors (Lipinski definition) is 1. The molecule has 4 heteroatoms. The quantitative estimate of drug-likeness (QED) is 0.780. The Labute approximate surface area is 135 Å². The summed E-state index contributed by atoms with van der Waals surface area (Å²) in [5.74, 6) is 0.207. The van der Waals surface area contributed by atoms with E-state index in [0.717, 1.165) is 34.1 Å². The fraction of sp³-hybridized carbons (Fsp3) is 0.263. The van der Waals surface area contributed by atoms with Crippen molar-refractivity contribution in [2.45, 2.75) is 33.2 Å². The molecule has 118 valence electrons. The maximum absolute atomic E-state index is 12.6. The van der Waals surface area contributed by atoms with Crippen LogP contribution in [0.4, 0.5) is 0 Å². The highest BCUT2D eigenvalue weighted by atomic mass is 16.3. The second-order valence-electron chi connectivity index (χ2n) is 5.77. The zero-order chi connectivity index (χ0) is 16.4. The van der Waals surface area contributed by atoms with Crippen LogP contribution in [0.2, 0.25) is 0 Å². The number of benzene rings is 1. The van der Waals surface area contributed by atoms with Gasteiger partial charge in [0, 0.05) is 23.3 Å². The van der Waals surface area contributed by atoms with E-state index in [9.17, 15) is 4.79 Å². The molecule has 0 bridgehead atoms. The van der Waals surface area contributed by atoms with Crippen LogP contribution in [0.1, 0.15) is 46.6 Å². The summed E-state index contributed by atoms with van der Waals surface area (Å²) in [5.41, 5.74) is 3.82. The minimum Gasteiger partial charge on any atom is -0.451 e. The topological polar surface area (TPSA) is 55.1 Å². The minimum atomic E-state index is -0.181. The van der Waals surface area contributed by atoms with Gasteiger partial charge in [-0.05, 0) is 50.1 Å². The lowest BCUT2D eigenvalue weighted by Crippen LogP contribution is -2.28. The minimum absolute atomic E-state index is 0.0557. The summed E-state index contributed by atoms with van der Waals surface area (Å²) in [6, 6.07) is 9.73. The Morgan fingerprint density at radius 3 is 2.65 bits per heavy atom. The molecule has 0 fully saturated rings. The van der Waals surface area contributed by atoms with Gasteiger partial charge in [-0.25, -0.2) is 0 Å². The van der Waals surface area contributed by atoms with Crippen LogP contribution in [0.3, 0.4) is 0 Å². The van der Waals surface area contributed by atoms with Crippen LogP contribution in [-0.2, 0) is 0 Å². The Kier molecular flexibility index (Phi) is 4.15. The van der Waals surface area contributed by atoms with Crippen molar-refractivity contribution in [3.8, 4) is 0 Å². The summed E-state index contributed by atoms with van der Waals surface area (Å²) in [5, 5.41) is 4.05. The van der Waals surface area contributed by atoms with Crippen molar-refractivity contribution in [3.63, 3.8) is 0 Å². The van der Waals surface area contributed by atoms with Gasteiger partial charge in [0.1, 0.15) is 5.58 Å². The van der Waals surface area contributed by atoms with E-state index < -0.39 is 0 Å². The summed E-state index contributed by atoms with van der Waals surface area (Å²) in [6.45, 7) is 6.00. The molecule has 1 unspecified atom stereocenters. The number of hydrogen-bond acceptors (Lipinski definition) is 3. The Balaban J connectivity index is 1.90. The number of fused-ring (bicyclic) bond motifs is 1. The fourth-order valence-electron chi connectivity index (χ4n) is 2.79. The summed E-state index contributed by atoms with van der Waals surface area (Å²) < 4.78 is 5.77. The van der Waals surface area contributed by atoms with E-state index in [1.54, 1.807) is 12.4 Å². The molecule has 2 heterocycles. The number of pyridine rings is 1. The first-order chi connectivity index (χ1) is 11.1. The van der Waals surface area contributed by atoms with Crippen molar-refractivity contribution in [2.24, 2.45) is 0 Å². The van der Waals surface area contributed by atoms with E-state index in [-0.39, 0.29) is 11.9 Å². The van der Waals surface area contributed by atoms with E-state index in [4.69, 9.17) is 4.42 Å². The molecule has 1 aromatic carbocycles. The molecule has 0 aliphatic rings. The average Bonchev–Trinajstić information content (AvgIpc) is 2.90. The maximum atomic E-state index is 12.6. The molecule has 2 aromatic heterocycles. The summed E-state index contributed by atoms with van der Waals surface area (Å²) in [6.07, 6.45) is 4.27. The molecular formula is C19H20N2O2. The van der Waals surface area contributed by atoms with Crippen molar-refractivity contribution in [3.05, 3.63) is 65.2 Å². The second-order valence-corrected chi connectivity index (χ2v) is 5.77. The zero-order valence-electron chi connectivity index (χ0n) is 13.6. The maximum Gasteiger partial charge on any atom is 0.287 e. The van der Waals surface area contributed by atoms with E-state index in [0.29, 0.717) is 5.76 Å². The van der Waals surface area contributed by atoms with E-state index >= 15 is 0 Å². The van der Waals surface area contributed by atoms with Gasteiger partial charge in [0.2, 0.25) is 0 Å². The Morgan fingerprint density at radius 2 is 1.96 bits per heavy atom. The van der Waals surface area contributed by atoms with Crippen LogP contribution in [0.15, 0.2) is 47.1 Å². The van der Waals surface area contributed by atoms with Gasteiger partial charge in [-0.3, -0.25) is 9.78 Å². The van der Waals surface area contributed by atoms with Gasteiger partial charge in [-0.2, -0.15) is 0 Å². The largest absolute Gasteiger partial charge is 0.451 e. The third-order valence-electron chi connectivity index (χ3n) is 4.12. The normalized spacial score (nSPS) is 12.3. The molecule has 0 radical (unpaired) electrons. The van der Waals surface area contributed by atoms with Crippen LogP contribution in [0.5, 0.6) is 0 Å². The third-order valence-corrected chi connectivity index (χ3v) is 4.12. The number of furan rings is 1. The van der Waals surface area contributed by atoms with Crippen molar-refractivity contribution < 1.29 is 9.21 Å². The molecule has 23 heavy (non-hydrogen) atoms. The molecule has 0 aliphatic carbocycles. The van der Waals surface area contributed by atoms with Crippen molar-refractivity contribution in [2.75, 3.05) is 0 Å². The van der Waals surface area contributed by atoms with Gasteiger partial charge in [0.05, 0.1) is 6.04 Å². The highest BCUT2D eigenvalue weighted by Gasteiger charge is 2.20. The summed E-state index contributed by atoms with van der Waals surface area (Å²) in [4.78, 5) is 16.7. The standard InChI is InChI=1S/C19H20N2O2/c1-4-16(14-7-9-20-10-8-14)21-19(22)18-13(3)15-11-12(2)5-6-17(15)23-18/h5-11,16H,4H2,1-3H3,(H,21,22). The molecule has 0 saturated carbocycles. The third kappa shape index (κ3) is 2.97. The first-order valence-electron chi connectivity index (χ1n) is 7.80. The molecule has 1 N–H and O–H groups in total. The molecule has 0 spiro atoms. The van der Waals surface area contributed by atoms with Gasteiger partial charge in [0.25, 0.3) is 5.91 Å². The lowest BCUT2D eigenvalue weighted by molar-refractivity contribution is 0.0909. The van der Waals surface area contributed by atoms with Gasteiger partial charge in [0.15, 0.2) is 5.76 Å². The van der Waals surface area contributed by atoms with Crippen molar-refractivity contribution >= 4 is 16.9 Å². The molecule has 0 saturated heterocycles. The molecular weight excluding hydrogens is 288 g/mol. The first-order valence-corrected chi connectivity index (χ1v) is 7.80. The first kappa shape index (κ1) is 15.3. The van der Waals surface area contributed by atoms with E-state index in [2.05, 4.69) is 10.3 Å². The predicted octanol–water partition coefficient (Wildman–Crippen LogP) is 4.33. The Bertz CT molecular complexity index is 837. The van der Waals surface area contributed by atoms with Gasteiger partial charge in [-0.1, -0.05) is 18.6 Å². The molecule has 1 atom stereocenters. The Hall–Kier alpha value is -2.62. The Morgan fingerprint density at radius 1 is 1.22 bits per heavy atom. The van der Waals surface area contributed by atoms with Crippen molar-refractivity contribution in [1.82, 2.24) is 10.3 Å². The highest BCUT2D eigenvalue weighted by Crippen LogP contribution is 2.27. The van der Waals surface area contributed by atoms with E-state index in [1.165, 1.54) is 0 Å². The number of carbonyl (C=O) groups excluding carboxylic acids is 1. The predicted molar refractivity (Wildman–Crippen MR) is 90.4 cm³/mol. The fourth-order valence-corrected chi connectivity index (χ4v) is 2.79. The molecule has 3 aromatic rings. The zero-order valence-corrected chi connectivity index (χ0v) is 13.6. The van der Waals surface area contributed by atoms with Crippen LogP contribution in [0.25, 0.3) is 11.0 Å². The number of amides is 1. The van der Waals surface area contributed by atoms with Crippen LogP contribution in [0, 0.1) is 13.8 Å². The van der Waals surface area contributed by atoms with Gasteiger partial charge >= 0.3 is 0 Å². The van der Waals surface area contributed by atoms with Gasteiger partial charge in [-0.15, -0.1) is 0 Å². The number of nitrogens with one attached hydrogen (secondary N) is 1. The number of aryl methyl sites for hydroxylation is 2. The monoisotopic (exact) mass is 308 g/mol. The SMILES string of the molecule is CCC(NC(=O)c1oc2ccc(C)cc2c1C)c1ccncc1. The van der Waals surface area contributed by atoms with E-state index in [1.807, 2.05) is 51.1 Å². The number of nitrogens with zero attached hydrogens (tertiary/aromatic N) is 1. The highest BCUT2D eigenvalue weighted by molar-refractivity contribution is 5.99. The summed E-state index contributed by atoms with van der Waals surface area (Å²) in [7, 11) is 0. The van der Waals surface area contributed by atoms with Crippen molar-refractivity contribution in [1.29, 1.82) is 0 Å². The molecule has 0 aliphatic heterocycles. The molecule has 3 rings (SSSR count). The number of carbonyl (C=O) groups is 1. The average molecular weight is 308 g/mol. The second kappa shape index (κ2) is 6.24. The smallest absolute Gasteiger partial charge is 0.287 e. The summed E-state index contributed by atoms with van der Waals surface area (Å²) >= 11 is 0. The molecule has 1 amide bonds. The lowest BCUT2D eigenvalue weighted by atomic mass is 10.1. The lowest BCUT2D eigenvalue weighted by Gasteiger charge is -2.16. The number of rotatable bonds is 4. The number of aromatic nitrogens is 1. The van der Waals surface area contributed by atoms with Crippen LogP contribution < -0.4 is 5.32 Å². The molecule has 4 nitrogen and oxygen atoms in total. The van der Waals surface area contributed by atoms with Gasteiger partial charge < -0.3 is 9.73 Å². The van der Waals surface area contributed by atoms with Crippen LogP contribution >= 0.6 is 0 Å². The van der Waals surface area contributed by atoms with Crippen LogP contribution in [-0.4, -0.2) is 10.9 Å².